The van der Waals surface area contributed by atoms with E-state index in [4.69, 9.17) is 44.0 Å². The maximum Gasteiger partial charge on any atom is 0.166 e. The Hall–Kier alpha value is -1.60. The van der Waals surface area contributed by atoms with E-state index < -0.39 is 0 Å². The Morgan fingerprint density at radius 1 is 0.909 bits per heavy atom. The molecule has 2 atom stereocenters. The van der Waals surface area contributed by atoms with Gasteiger partial charge in [-0.1, -0.05) is 63.4 Å². The summed E-state index contributed by atoms with van der Waals surface area (Å²) < 4.78 is 8.39. The molecule has 8 heteroatoms. The Morgan fingerprint density at radius 3 is 2.42 bits per heavy atom. The normalized spacial score (nSPS) is 18.3. The molecule has 1 aliphatic heterocycles. The minimum absolute atomic E-state index is 0.192. The Labute approximate surface area is 214 Å². The van der Waals surface area contributed by atoms with E-state index >= 15 is 0 Å². The molecule has 4 rings (SSSR count). The Morgan fingerprint density at radius 2 is 1.67 bits per heavy atom. The van der Waals surface area contributed by atoms with Crippen LogP contribution in [-0.2, 0) is 4.33 Å². The van der Waals surface area contributed by atoms with Gasteiger partial charge in [0.1, 0.15) is 12.2 Å². The van der Waals surface area contributed by atoms with Crippen LogP contribution < -0.4 is 14.5 Å². The maximum atomic E-state index is 6.58. The molecule has 1 heterocycles. The van der Waals surface area contributed by atoms with Crippen LogP contribution in [0.15, 0.2) is 72.8 Å². The molecular weight excluding hydrogens is 499 g/mol. The molecule has 3 aromatic carbocycles. The Balaban J connectivity index is 1.34. The van der Waals surface area contributed by atoms with Gasteiger partial charge in [0.2, 0.25) is 0 Å². The van der Waals surface area contributed by atoms with Gasteiger partial charge in [-0.2, -0.15) is 0 Å². The number of piperidine rings is 1. The van der Waals surface area contributed by atoms with Crippen molar-refractivity contribution in [3.8, 4) is 5.75 Å². The van der Waals surface area contributed by atoms with Gasteiger partial charge in [0.15, 0.2) is 5.75 Å². The number of hydrogen-bond acceptors (Lipinski definition) is 5. The molecule has 174 valence electrons. The van der Waals surface area contributed by atoms with Crippen LogP contribution in [0.1, 0.15) is 30.9 Å². The molecule has 1 aliphatic rings. The number of rotatable bonds is 9. The summed E-state index contributed by atoms with van der Waals surface area (Å²) in [6.07, 6.45) is 3.14. The Bertz CT molecular complexity index is 1020. The van der Waals surface area contributed by atoms with Gasteiger partial charge in [0.05, 0.1) is 6.04 Å². The first-order valence-electron chi connectivity index (χ1n) is 10.9. The number of hydrogen-bond donors (Lipinski definition) is 1. The van der Waals surface area contributed by atoms with E-state index in [0.717, 1.165) is 60.9 Å². The third-order valence-corrected chi connectivity index (χ3v) is 7.05. The number of anilines is 1. The van der Waals surface area contributed by atoms with Crippen LogP contribution in [0.2, 0.25) is 15.1 Å². The van der Waals surface area contributed by atoms with Gasteiger partial charge < -0.3 is 9.79 Å². The lowest BCUT2D eigenvalue weighted by Crippen LogP contribution is -2.39. The fraction of sp³-hybridized carbons (Fsp3) is 0.280. The number of nitrogens with zero attached hydrogens (tertiary/aromatic N) is 1. The molecule has 0 bridgehead atoms. The summed E-state index contributed by atoms with van der Waals surface area (Å²) in [4.78, 5) is 7.66. The van der Waals surface area contributed by atoms with E-state index in [1.54, 1.807) is 0 Å². The smallest absolute Gasteiger partial charge is 0.166 e. The highest BCUT2D eigenvalue weighted by atomic mass is 35.5. The second-order valence-electron chi connectivity index (χ2n) is 7.98. The molecule has 3 aromatic rings. The fourth-order valence-electron chi connectivity index (χ4n) is 4.16. The van der Waals surface area contributed by atoms with Crippen LogP contribution >= 0.6 is 47.0 Å². The number of nitrogens with one attached hydrogen (secondary N) is 1. The van der Waals surface area contributed by atoms with E-state index in [0.29, 0.717) is 21.7 Å². The molecular formula is C25H25Cl3N2O2S. The quantitative estimate of drug-likeness (QED) is 0.101. The zero-order valence-electron chi connectivity index (χ0n) is 17.9. The first kappa shape index (κ1) is 24.5. The van der Waals surface area contributed by atoms with Crippen LogP contribution in [0, 0.1) is 5.92 Å². The third-order valence-electron chi connectivity index (χ3n) is 5.78. The van der Waals surface area contributed by atoms with Crippen molar-refractivity contribution >= 4 is 52.7 Å². The monoisotopic (exact) mass is 522 g/mol. The van der Waals surface area contributed by atoms with Crippen LogP contribution in [0.5, 0.6) is 5.75 Å². The van der Waals surface area contributed by atoms with Gasteiger partial charge in [0, 0.05) is 33.8 Å². The first-order chi connectivity index (χ1) is 16.1. The van der Waals surface area contributed by atoms with Crippen LogP contribution in [0.4, 0.5) is 5.69 Å². The van der Waals surface area contributed by atoms with Gasteiger partial charge in [0.25, 0.3) is 0 Å². The molecule has 0 aliphatic carbocycles. The average Bonchev–Trinajstić information content (AvgIpc) is 2.83. The topological polar surface area (TPSA) is 33.7 Å². The van der Waals surface area contributed by atoms with E-state index in [9.17, 15) is 0 Å². The molecule has 0 saturated carbocycles. The largest absolute Gasteiger partial charge is 0.364 e. The standard InChI is InChI=1S/C25H25Cl3N2O2S/c26-19-7-10-21(11-8-19)30-17-18(6-13-25(30)23-12-9-20(27)16-24(23)28)14-15-29-33-32-31-22-4-2-1-3-5-22/h1-5,7-12,16,18,25,29H,6,13-15,17H2/t18-,25-/m0/s1. The van der Waals surface area contributed by atoms with E-state index in [1.807, 2.05) is 60.7 Å². The average molecular weight is 524 g/mol. The van der Waals surface area contributed by atoms with Gasteiger partial charge in [-0.15, -0.1) is 0 Å². The molecule has 0 unspecified atom stereocenters. The minimum Gasteiger partial charge on any atom is -0.364 e. The zero-order valence-corrected chi connectivity index (χ0v) is 21.0. The lowest BCUT2D eigenvalue weighted by Gasteiger charge is -2.42. The molecule has 4 nitrogen and oxygen atoms in total. The molecule has 1 N–H and O–H groups in total. The van der Waals surface area contributed by atoms with Crippen LogP contribution in [0.3, 0.4) is 0 Å². The van der Waals surface area contributed by atoms with Gasteiger partial charge in [-0.3, -0.25) is 0 Å². The van der Waals surface area contributed by atoms with Gasteiger partial charge in [-0.25, -0.2) is 4.72 Å². The van der Waals surface area contributed by atoms with Crippen molar-refractivity contribution < 1.29 is 9.22 Å². The van der Waals surface area contributed by atoms with Crippen molar-refractivity contribution in [2.24, 2.45) is 5.92 Å². The lowest BCUT2D eigenvalue weighted by atomic mass is 9.86. The molecule has 0 spiro atoms. The van der Waals surface area contributed by atoms with Crippen molar-refractivity contribution in [1.82, 2.24) is 4.72 Å². The highest BCUT2D eigenvalue weighted by molar-refractivity contribution is 7.92. The highest BCUT2D eigenvalue weighted by Crippen LogP contribution is 2.41. The molecule has 0 aromatic heterocycles. The number of halogens is 3. The SMILES string of the molecule is Clc1ccc(N2C[C@H](CCNSOOc3ccccc3)CC[C@H]2c2ccc(Cl)cc2Cl)cc1. The van der Waals surface area contributed by atoms with Crippen molar-refractivity contribution in [2.45, 2.75) is 25.3 Å². The lowest BCUT2D eigenvalue weighted by molar-refractivity contribution is -0.0788. The third kappa shape index (κ3) is 6.95. The van der Waals surface area contributed by atoms with Gasteiger partial charge in [-0.05, 0) is 79.3 Å². The second kappa shape index (κ2) is 12.2. The summed E-state index contributed by atoms with van der Waals surface area (Å²) in [6, 6.07) is 23.4. The summed E-state index contributed by atoms with van der Waals surface area (Å²) in [7, 11) is 0. The predicted molar refractivity (Wildman–Crippen MR) is 139 cm³/mol. The summed E-state index contributed by atoms with van der Waals surface area (Å²) in [6.45, 7) is 1.74. The molecule has 0 amide bonds. The van der Waals surface area contributed by atoms with E-state index in [1.165, 1.54) is 0 Å². The van der Waals surface area contributed by atoms with Gasteiger partial charge >= 0.3 is 0 Å². The molecule has 1 fully saturated rings. The van der Waals surface area contributed by atoms with Crippen molar-refractivity contribution in [1.29, 1.82) is 0 Å². The van der Waals surface area contributed by atoms with Crippen LogP contribution in [-0.4, -0.2) is 13.1 Å². The maximum absolute atomic E-state index is 6.58. The summed E-state index contributed by atoms with van der Waals surface area (Å²) >= 11 is 20.0. The molecule has 33 heavy (non-hydrogen) atoms. The summed E-state index contributed by atoms with van der Waals surface area (Å²) in [5, 5.41) is 2.09. The fourth-order valence-corrected chi connectivity index (χ4v) is 5.18. The molecule has 0 radical (unpaired) electrons. The highest BCUT2D eigenvalue weighted by Gasteiger charge is 2.30. The second-order valence-corrected chi connectivity index (χ2v) is 9.86. The van der Waals surface area contributed by atoms with Crippen molar-refractivity contribution in [2.75, 3.05) is 18.0 Å². The Kier molecular flexibility index (Phi) is 9.07. The minimum atomic E-state index is 0.192. The summed E-state index contributed by atoms with van der Waals surface area (Å²) in [5.41, 5.74) is 2.25. The van der Waals surface area contributed by atoms with Crippen molar-refractivity contribution in [3.63, 3.8) is 0 Å². The first-order valence-corrected chi connectivity index (χ1v) is 12.7. The zero-order chi connectivity index (χ0) is 23.0. The van der Waals surface area contributed by atoms with E-state index in [-0.39, 0.29) is 6.04 Å². The van der Waals surface area contributed by atoms with Crippen LogP contribution in [0.25, 0.3) is 0 Å². The molecule has 1 saturated heterocycles. The number of para-hydroxylation sites is 1. The van der Waals surface area contributed by atoms with E-state index in [2.05, 4.69) is 21.8 Å². The summed E-state index contributed by atoms with van der Waals surface area (Å²) in [5.74, 6) is 1.20. The number of benzene rings is 3. The predicted octanol–water partition coefficient (Wildman–Crippen LogP) is 8.16. The van der Waals surface area contributed by atoms with Crippen molar-refractivity contribution in [3.05, 3.63) is 93.4 Å².